The van der Waals surface area contributed by atoms with Crippen LogP contribution in [-0.4, -0.2) is 20.0 Å². The number of anilines is 1. The van der Waals surface area contributed by atoms with Gasteiger partial charge in [0.25, 0.3) is 11.5 Å². The van der Waals surface area contributed by atoms with E-state index in [1.54, 1.807) is 6.07 Å². The van der Waals surface area contributed by atoms with Gasteiger partial charge in [0.05, 0.1) is 17.3 Å². The number of hydrogen-bond acceptors (Lipinski definition) is 5. The molecule has 4 aromatic rings. The normalized spacial score (nSPS) is 11.2. The molecule has 0 aliphatic heterocycles. The van der Waals surface area contributed by atoms with Crippen molar-refractivity contribution in [3.63, 3.8) is 0 Å². The van der Waals surface area contributed by atoms with Crippen LogP contribution in [0.25, 0.3) is 22.0 Å². The fourth-order valence-electron chi connectivity index (χ4n) is 3.00. The molecule has 1 aromatic carbocycles. The Kier molecular flexibility index (Phi) is 3.69. The molecular formula is C19H16N4O4. The summed E-state index contributed by atoms with van der Waals surface area (Å²) in [6.45, 7) is 1.96. The first-order chi connectivity index (χ1) is 12.8. The van der Waals surface area contributed by atoms with Crippen molar-refractivity contribution < 1.29 is 9.21 Å². The minimum absolute atomic E-state index is 0.157. The van der Waals surface area contributed by atoms with Gasteiger partial charge < -0.3 is 9.73 Å². The maximum atomic E-state index is 12.5. The van der Waals surface area contributed by atoms with E-state index in [-0.39, 0.29) is 16.8 Å². The SMILES string of the molecule is Cc1ccc2oc(C(=O)Nc3cnc4c(c3)c(=O)n(C)c(=O)n4C)cc2c1. The molecule has 0 saturated carbocycles. The molecule has 0 unspecified atom stereocenters. The van der Waals surface area contributed by atoms with Crippen LogP contribution in [0.3, 0.4) is 0 Å². The lowest BCUT2D eigenvalue weighted by atomic mass is 10.2. The van der Waals surface area contributed by atoms with Crippen LogP contribution in [0.1, 0.15) is 16.1 Å². The first-order valence-corrected chi connectivity index (χ1v) is 8.22. The van der Waals surface area contributed by atoms with Crippen molar-refractivity contribution in [2.45, 2.75) is 6.92 Å². The quantitative estimate of drug-likeness (QED) is 0.586. The average molecular weight is 364 g/mol. The number of aryl methyl sites for hydroxylation is 2. The molecule has 0 saturated heterocycles. The lowest BCUT2D eigenvalue weighted by Crippen LogP contribution is -2.37. The maximum Gasteiger partial charge on any atom is 0.332 e. The van der Waals surface area contributed by atoms with Crippen LogP contribution in [0.5, 0.6) is 0 Å². The Balaban J connectivity index is 1.73. The molecule has 0 aliphatic carbocycles. The van der Waals surface area contributed by atoms with E-state index in [1.807, 2.05) is 25.1 Å². The van der Waals surface area contributed by atoms with E-state index in [2.05, 4.69) is 10.3 Å². The van der Waals surface area contributed by atoms with Gasteiger partial charge in [0.1, 0.15) is 11.2 Å². The molecule has 3 aromatic heterocycles. The molecule has 8 heteroatoms. The average Bonchev–Trinajstić information content (AvgIpc) is 3.08. The number of furan rings is 1. The molecule has 1 N–H and O–H groups in total. The molecule has 1 amide bonds. The van der Waals surface area contributed by atoms with Crippen LogP contribution in [0, 0.1) is 6.92 Å². The fourth-order valence-corrected chi connectivity index (χ4v) is 3.00. The molecule has 8 nitrogen and oxygen atoms in total. The van der Waals surface area contributed by atoms with E-state index in [4.69, 9.17) is 4.42 Å². The van der Waals surface area contributed by atoms with E-state index in [0.29, 0.717) is 11.3 Å². The van der Waals surface area contributed by atoms with Gasteiger partial charge >= 0.3 is 5.69 Å². The van der Waals surface area contributed by atoms with Crippen LogP contribution in [0.2, 0.25) is 0 Å². The molecular weight excluding hydrogens is 348 g/mol. The van der Waals surface area contributed by atoms with Crippen LogP contribution in [-0.2, 0) is 14.1 Å². The van der Waals surface area contributed by atoms with Crippen molar-refractivity contribution in [3.8, 4) is 0 Å². The minimum atomic E-state index is -0.476. The minimum Gasteiger partial charge on any atom is -0.451 e. The molecule has 0 fully saturated rings. The number of aromatic nitrogens is 3. The second-order valence-electron chi connectivity index (χ2n) is 6.41. The highest BCUT2D eigenvalue weighted by Crippen LogP contribution is 2.22. The highest BCUT2D eigenvalue weighted by molar-refractivity contribution is 6.05. The Morgan fingerprint density at radius 1 is 1.11 bits per heavy atom. The maximum absolute atomic E-state index is 12.5. The van der Waals surface area contributed by atoms with E-state index >= 15 is 0 Å². The van der Waals surface area contributed by atoms with Gasteiger partial charge in [-0.15, -0.1) is 0 Å². The summed E-state index contributed by atoms with van der Waals surface area (Å²) in [7, 11) is 2.93. The molecule has 0 spiro atoms. The van der Waals surface area contributed by atoms with Gasteiger partial charge in [-0.05, 0) is 31.2 Å². The third-order valence-corrected chi connectivity index (χ3v) is 4.45. The van der Waals surface area contributed by atoms with Crippen molar-refractivity contribution >= 4 is 33.6 Å². The summed E-state index contributed by atoms with van der Waals surface area (Å²) < 4.78 is 7.86. The topological polar surface area (TPSA) is 99.1 Å². The second kappa shape index (κ2) is 5.94. The number of fused-ring (bicyclic) bond motifs is 2. The zero-order chi connectivity index (χ0) is 19.3. The van der Waals surface area contributed by atoms with Crippen LogP contribution in [0.4, 0.5) is 5.69 Å². The Bertz CT molecular complexity index is 1340. The van der Waals surface area contributed by atoms with Gasteiger partial charge in [0.15, 0.2) is 5.76 Å². The van der Waals surface area contributed by atoms with Crippen LogP contribution < -0.4 is 16.6 Å². The zero-order valence-electron chi connectivity index (χ0n) is 14.9. The number of rotatable bonds is 2. The number of benzene rings is 1. The number of pyridine rings is 1. The number of nitrogens with zero attached hydrogens (tertiary/aromatic N) is 3. The van der Waals surface area contributed by atoms with E-state index in [1.165, 1.54) is 30.9 Å². The lowest BCUT2D eigenvalue weighted by Gasteiger charge is -2.08. The van der Waals surface area contributed by atoms with Gasteiger partial charge in [-0.1, -0.05) is 11.6 Å². The van der Waals surface area contributed by atoms with Gasteiger partial charge in [0.2, 0.25) is 0 Å². The predicted molar refractivity (Wildman–Crippen MR) is 101 cm³/mol. The number of carbonyl (C=O) groups excluding carboxylic acids is 1. The monoisotopic (exact) mass is 364 g/mol. The first kappa shape index (κ1) is 16.8. The van der Waals surface area contributed by atoms with Crippen molar-refractivity contribution in [3.05, 3.63) is 68.7 Å². The lowest BCUT2D eigenvalue weighted by molar-refractivity contribution is 0.0998. The molecule has 0 radical (unpaired) electrons. The van der Waals surface area contributed by atoms with Crippen molar-refractivity contribution in [1.29, 1.82) is 0 Å². The van der Waals surface area contributed by atoms with Gasteiger partial charge in [0, 0.05) is 19.5 Å². The van der Waals surface area contributed by atoms with Crippen LogP contribution >= 0.6 is 0 Å². The Hall–Kier alpha value is -3.68. The number of hydrogen-bond donors (Lipinski definition) is 1. The summed E-state index contributed by atoms with van der Waals surface area (Å²) in [4.78, 5) is 41.0. The molecule has 27 heavy (non-hydrogen) atoms. The Morgan fingerprint density at radius 3 is 2.67 bits per heavy atom. The molecule has 0 bridgehead atoms. The highest BCUT2D eigenvalue weighted by atomic mass is 16.3. The third kappa shape index (κ3) is 2.71. The predicted octanol–water partition coefficient (Wildman–Crippen LogP) is 1.94. The standard InChI is InChI=1S/C19H16N4O4/c1-10-4-5-14-11(6-10)7-15(27-14)17(24)21-12-8-13-16(20-9-12)22(2)19(26)23(3)18(13)25/h4-9H,1-3H3,(H,21,24). The van der Waals surface area contributed by atoms with Gasteiger partial charge in [-0.2, -0.15) is 0 Å². The van der Waals surface area contributed by atoms with Crippen molar-refractivity contribution in [2.75, 3.05) is 5.32 Å². The summed E-state index contributed by atoms with van der Waals surface area (Å²) >= 11 is 0. The number of amides is 1. The van der Waals surface area contributed by atoms with E-state index in [9.17, 15) is 14.4 Å². The Labute approximate surface area is 152 Å². The largest absolute Gasteiger partial charge is 0.451 e. The molecule has 0 atom stereocenters. The highest BCUT2D eigenvalue weighted by Gasteiger charge is 2.15. The van der Waals surface area contributed by atoms with Crippen LogP contribution in [0.15, 0.2) is 50.5 Å². The zero-order valence-corrected chi connectivity index (χ0v) is 14.9. The van der Waals surface area contributed by atoms with E-state index in [0.717, 1.165) is 15.5 Å². The first-order valence-electron chi connectivity index (χ1n) is 8.22. The fraction of sp³-hybridized carbons (Fsp3) is 0.158. The second-order valence-corrected chi connectivity index (χ2v) is 6.41. The molecule has 3 heterocycles. The molecule has 4 rings (SSSR count). The summed E-state index contributed by atoms with van der Waals surface area (Å²) in [5, 5.41) is 3.74. The van der Waals surface area contributed by atoms with E-state index < -0.39 is 17.2 Å². The smallest absolute Gasteiger partial charge is 0.332 e. The number of nitrogens with one attached hydrogen (secondary N) is 1. The van der Waals surface area contributed by atoms with Gasteiger partial charge in [-0.3, -0.25) is 18.7 Å². The summed E-state index contributed by atoms with van der Waals surface area (Å²) in [5.41, 5.74) is 1.33. The number of carbonyl (C=O) groups is 1. The Morgan fingerprint density at radius 2 is 1.89 bits per heavy atom. The van der Waals surface area contributed by atoms with Crippen molar-refractivity contribution in [1.82, 2.24) is 14.1 Å². The van der Waals surface area contributed by atoms with Gasteiger partial charge in [-0.25, -0.2) is 9.78 Å². The summed E-state index contributed by atoms with van der Waals surface area (Å²) in [6.07, 6.45) is 1.39. The summed E-state index contributed by atoms with van der Waals surface area (Å²) in [6, 6.07) is 8.80. The molecule has 0 aliphatic rings. The molecule has 136 valence electrons. The third-order valence-electron chi connectivity index (χ3n) is 4.45. The van der Waals surface area contributed by atoms with Crippen molar-refractivity contribution in [2.24, 2.45) is 14.1 Å². The summed E-state index contributed by atoms with van der Waals surface area (Å²) in [5.74, 6) is -0.296.